The van der Waals surface area contributed by atoms with Crippen LogP contribution >= 0.6 is 11.6 Å². The van der Waals surface area contributed by atoms with Crippen molar-refractivity contribution >= 4 is 33.9 Å². The number of pyridine rings is 1. The number of nitrogens with zero attached hydrogens (tertiary/aromatic N) is 3. The molecule has 0 spiro atoms. The van der Waals surface area contributed by atoms with Gasteiger partial charge in [-0.05, 0) is 54.8 Å². The lowest BCUT2D eigenvalue weighted by molar-refractivity contribution is 0.211. The van der Waals surface area contributed by atoms with Gasteiger partial charge in [0.15, 0.2) is 0 Å². The largest absolute Gasteiger partial charge is 0.382 e. The summed E-state index contributed by atoms with van der Waals surface area (Å²) in [5.41, 5.74) is 4.72. The van der Waals surface area contributed by atoms with Gasteiger partial charge in [0.1, 0.15) is 0 Å². The zero-order valence-electron chi connectivity index (χ0n) is 16.5. The Kier molecular flexibility index (Phi) is 5.69. The van der Waals surface area contributed by atoms with Crippen LogP contribution in [-0.4, -0.2) is 43.1 Å². The number of piperidine rings is 1. The third kappa shape index (κ3) is 4.40. The summed E-state index contributed by atoms with van der Waals surface area (Å²) < 4.78 is 0. The minimum absolute atomic E-state index is 0.494. The van der Waals surface area contributed by atoms with E-state index in [0.29, 0.717) is 6.04 Å². The monoisotopic (exact) mass is 394 g/mol. The lowest BCUT2D eigenvalue weighted by Crippen LogP contribution is -2.38. The van der Waals surface area contributed by atoms with Gasteiger partial charge in [-0.15, -0.1) is 0 Å². The molecule has 5 heteroatoms. The van der Waals surface area contributed by atoms with E-state index in [2.05, 4.69) is 70.6 Å². The second-order valence-electron chi connectivity index (χ2n) is 7.78. The van der Waals surface area contributed by atoms with Crippen LogP contribution in [0.4, 0.5) is 11.4 Å². The fraction of sp³-hybridized carbons (Fsp3) is 0.348. The predicted molar refractivity (Wildman–Crippen MR) is 119 cm³/mol. The Balaban J connectivity index is 1.34. The molecule has 3 aromatic rings. The summed E-state index contributed by atoms with van der Waals surface area (Å²) in [5, 5.41) is 5.59. The summed E-state index contributed by atoms with van der Waals surface area (Å²) in [7, 11) is 4.15. The highest BCUT2D eigenvalue weighted by atomic mass is 35.5. The maximum absolute atomic E-state index is 6.10. The molecular weight excluding hydrogens is 368 g/mol. The van der Waals surface area contributed by atoms with Crippen molar-refractivity contribution in [3.8, 4) is 0 Å². The number of fused-ring (bicyclic) bond motifs is 1. The second-order valence-corrected chi connectivity index (χ2v) is 8.21. The molecule has 2 aromatic carbocycles. The molecule has 1 fully saturated rings. The minimum Gasteiger partial charge on any atom is -0.382 e. The average molecular weight is 395 g/mol. The Labute approximate surface area is 172 Å². The Bertz CT molecular complexity index is 931. The van der Waals surface area contributed by atoms with Gasteiger partial charge in [-0.1, -0.05) is 23.7 Å². The Morgan fingerprint density at radius 3 is 2.54 bits per heavy atom. The molecule has 0 bridgehead atoms. The van der Waals surface area contributed by atoms with Crippen LogP contribution in [0.5, 0.6) is 0 Å². The third-order valence-corrected chi connectivity index (χ3v) is 5.75. The SMILES string of the molecule is CN(C)c1ccc(CN2CCC(Nc3ccnc4cc(Cl)ccc34)CC2)cc1. The molecule has 0 radical (unpaired) electrons. The summed E-state index contributed by atoms with van der Waals surface area (Å²) in [5.74, 6) is 0. The van der Waals surface area contributed by atoms with Gasteiger partial charge in [-0.25, -0.2) is 0 Å². The molecule has 1 aliphatic rings. The highest BCUT2D eigenvalue weighted by molar-refractivity contribution is 6.31. The van der Waals surface area contributed by atoms with Gasteiger partial charge in [0, 0.05) is 67.8 Å². The molecule has 28 heavy (non-hydrogen) atoms. The molecule has 0 atom stereocenters. The molecule has 146 valence electrons. The van der Waals surface area contributed by atoms with Crippen LogP contribution < -0.4 is 10.2 Å². The Morgan fingerprint density at radius 2 is 1.82 bits per heavy atom. The van der Waals surface area contributed by atoms with Crippen molar-refractivity contribution in [1.82, 2.24) is 9.88 Å². The lowest BCUT2D eigenvalue weighted by Gasteiger charge is -2.33. The molecule has 2 heterocycles. The first-order chi connectivity index (χ1) is 13.6. The maximum Gasteiger partial charge on any atom is 0.0737 e. The molecule has 0 unspecified atom stereocenters. The molecular formula is C23H27ClN4. The zero-order valence-corrected chi connectivity index (χ0v) is 17.3. The number of anilines is 2. The molecule has 0 aliphatic carbocycles. The normalized spacial score (nSPS) is 15.7. The van der Waals surface area contributed by atoms with E-state index in [1.807, 2.05) is 18.3 Å². The zero-order chi connectivity index (χ0) is 19.5. The van der Waals surface area contributed by atoms with E-state index in [1.165, 1.54) is 11.3 Å². The molecule has 1 N–H and O–H groups in total. The molecule has 4 nitrogen and oxygen atoms in total. The fourth-order valence-corrected chi connectivity index (χ4v) is 4.03. The topological polar surface area (TPSA) is 31.4 Å². The van der Waals surface area contributed by atoms with E-state index in [-0.39, 0.29) is 0 Å². The number of aromatic nitrogens is 1. The van der Waals surface area contributed by atoms with Crippen LogP contribution in [0.25, 0.3) is 10.9 Å². The van der Waals surface area contributed by atoms with E-state index < -0.39 is 0 Å². The third-order valence-electron chi connectivity index (χ3n) is 5.51. The molecule has 1 saturated heterocycles. The summed E-state index contributed by atoms with van der Waals surface area (Å²) in [4.78, 5) is 9.12. The number of likely N-dealkylation sites (tertiary alicyclic amines) is 1. The standard InChI is InChI=1S/C23H27ClN4/c1-27(2)20-6-3-17(4-7-20)16-28-13-10-19(11-14-28)26-22-9-12-25-23-15-18(24)5-8-21(22)23/h3-9,12,15,19H,10-11,13-14,16H2,1-2H3,(H,25,26). The number of rotatable bonds is 5. The van der Waals surface area contributed by atoms with Crippen molar-refractivity contribution in [3.05, 3.63) is 65.3 Å². The molecule has 1 aliphatic heterocycles. The van der Waals surface area contributed by atoms with Crippen molar-refractivity contribution in [3.63, 3.8) is 0 Å². The average Bonchev–Trinajstić information content (AvgIpc) is 2.70. The van der Waals surface area contributed by atoms with Gasteiger partial charge in [-0.2, -0.15) is 0 Å². The number of halogens is 1. The highest BCUT2D eigenvalue weighted by Crippen LogP contribution is 2.27. The number of hydrogen-bond donors (Lipinski definition) is 1. The smallest absolute Gasteiger partial charge is 0.0737 e. The van der Waals surface area contributed by atoms with Crippen molar-refractivity contribution in [2.45, 2.75) is 25.4 Å². The summed E-state index contributed by atoms with van der Waals surface area (Å²) in [6.07, 6.45) is 4.15. The van der Waals surface area contributed by atoms with Crippen molar-refractivity contribution in [2.24, 2.45) is 0 Å². The van der Waals surface area contributed by atoms with Gasteiger partial charge < -0.3 is 10.2 Å². The highest BCUT2D eigenvalue weighted by Gasteiger charge is 2.19. The lowest BCUT2D eigenvalue weighted by atomic mass is 10.0. The summed E-state index contributed by atoms with van der Waals surface area (Å²) >= 11 is 6.10. The quantitative estimate of drug-likeness (QED) is 0.657. The van der Waals surface area contributed by atoms with E-state index in [9.17, 15) is 0 Å². The van der Waals surface area contributed by atoms with E-state index in [0.717, 1.165) is 54.1 Å². The van der Waals surface area contributed by atoms with Crippen LogP contribution in [0.1, 0.15) is 18.4 Å². The van der Waals surface area contributed by atoms with Gasteiger partial charge in [0.2, 0.25) is 0 Å². The van der Waals surface area contributed by atoms with Gasteiger partial charge >= 0.3 is 0 Å². The van der Waals surface area contributed by atoms with Crippen molar-refractivity contribution in [1.29, 1.82) is 0 Å². The van der Waals surface area contributed by atoms with Gasteiger partial charge in [0.05, 0.1) is 5.52 Å². The van der Waals surface area contributed by atoms with Crippen LogP contribution in [0.3, 0.4) is 0 Å². The fourth-order valence-electron chi connectivity index (χ4n) is 3.86. The number of hydrogen-bond acceptors (Lipinski definition) is 4. The van der Waals surface area contributed by atoms with E-state index in [1.54, 1.807) is 0 Å². The molecule has 0 amide bonds. The summed E-state index contributed by atoms with van der Waals surface area (Å²) in [6.45, 7) is 3.25. The maximum atomic E-state index is 6.10. The first kappa shape index (κ1) is 19.0. The van der Waals surface area contributed by atoms with Crippen LogP contribution in [0.15, 0.2) is 54.7 Å². The molecule has 1 aromatic heterocycles. The first-order valence-corrected chi connectivity index (χ1v) is 10.3. The van der Waals surface area contributed by atoms with Gasteiger partial charge in [0.25, 0.3) is 0 Å². The number of nitrogens with one attached hydrogen (secondary N) is 1. The minimum atomic E-state index is 0.494. The second kappa shape index (κ2) is 8.38. The van der Waals surface area contributed by atoms with Crippen LogP contribution in [0, 0.1) is 0 Å². The predicted octanol–water partition coefficient (Wildman–Crippen LogP) is 5.03. The van der Waals surface area contributed by atoms with Crippen molar-refractivity contribution < 1.29 is 0 Å². The number of benzene rings is 2. The summed E-state index contributed by atoms with van der Waals surface area (Å²) in [6, 6.07) is 17.4. The Hall–Kier alpha value is -2.30. The first-order valence-electron chi connectivity index (χ1n) is 9.88. The van der Waals surface area contributed by atoms with Crippen LogP contribution in [0.2, 0.25) is 5.02 Å². The van der Waals surface area contributed by atoms with Gasteiger partial charge in [-0.3, -0.25) is 9.88 Å². The van der Waals surface area contributed by atoms with E-state index in [4.69, 9.17) is 11.6 Å². The van der Waals surface area contributed by atoms with Crippen molar-refractivity contribution in [2.75, 3.05) is 37.4 Å². The van der Waals surface area contributed by atoms with Crippen LogP contribution in [-0.2, 0) is 6.54 Å². The van der Waals surface area contributed by atoms with E-state index >= 15 is 0 Å². The Morgan fingerprint density at radius 1 is 1.07 bits per heavy atom. The molecule has 4 rings (SSSR count). The molecule has 0 saturated carbocycles.